The zero-order valence-electron chi connectivity index (χ0n) is 8.55. The van der Waals surface area contributed by atoms with E-state index >= 15 is 0 Å². The monoisotopic (exact) mass is 328 g/mol. The molecule has 0 aliphatic carbocycles. The number of ketones is 1. The number of hydrogen-bond acceptors (Lipinski definition) is 3. The lowest BCUT2D eigenvalue weighted by Gasteiger charge is -2.32. The summed E-state index contributed by atoms with van der Waals surface area (Å²) in [4.78, 5) is 11.4. The van der Waals surface area contributed by atoms with Gasteiger partial charge in [0.2, 0.25) is 0 Å². The Morgan fingerprint density at radius 1 is 1.17 bits per heavy atom. The molecular weight excluding hydrogens is 324 g/mol. The minimum atomic E-state index is -4.83. The molecule has 1 heterocycles. The Bertz CT molecular complexity index is 504. The number of hydrogen-bond donors (Lipinski definition) is 0. The first-order chi connectivity index (χ1) is 8.28. The zero-order chi connectivity index (χ0) is 13.6. The smallest absolute Gasteiger partial charge is 0.421 e. The molecule has 0 aromatic heterocycles. The standard InChI is InChI=1S/C10H5BrF4O3/c11-4-6(16)5-2-1-3-7-8(5)18-10(14,15)9(12,13)17-7/h1-3H,4H2. The largest absolute Gasteiger partial charge is 0.507 e. The molecule has 1 aromatic rings. The van der Waals surface area contributed by atoms with Crippen LogP contribution in [0.15, 0.2) is 18.2 Å². The van der Waals surface area contributed by atoms with Crippen LogP contribution in [0.1, 0.15) is 10.4 Å². The molecule has 18 heavy (non-hydrogen) atoms. The van der Waals surface area contributed by atoms with Gasteiger partial charge in [-0.3, -0.25) is 4.79 Å². The van der Waals surface area contributed by atoms with Gasteiger partial charge in [0.05, 0.1) is 10.9 Å². The van der Waals surface area contributed by atoms with Crippen LogP contribution in [-0.2, 0) is 0 Å². The number of carbonyl (C=O) groups excluding carboxylic acids is 1. The Morgan fingerprint density at radius 2 is 1.78 bits per heavy atom. The Labute approximate surface area is 107 Å². The van der Waals surface area contributed by atoms with Gasteiger partial charge < -0.3 is 9.47 Å². The highest BCUT2D eigenvalue weighted by Gasteiger charge is 2.66. The second kappa shape index (κ2) is 4.11. The van der Waals surface area contributed by atoms with Crippen LogP contribution in [0.2, 0.25) is 0 Å². The lowest BCUT2D eigenvalue weighted by atomic mass is 10.1. The summed E-state index contributed by atoms with van der Waals surface area (Å²) < 4.78 is 59.6. The number of benzene rings is 1. The van der Waals surface area contributed by atoms with Crippen LogP contribution in [0.4, 0.5) is 17.6 Å². The molecule has 0 saturated carbocycles. The molecule has 1 aromatic carbocycles. The van der Waals surface area contributed by atoms with Crippen LogP contribution in [-0.4, -0.2) is 23.3 Å². The van der Waals surface area contributed by atoms with Crippen LogP contribution < -0.4 is 9.47 Å². The zero-order valence-corrected chi connectivity index (χ0v) is 10.1. The van der Waals surface area contributed by atoms with Crippen molar-refractivity contribution < 1.29 is 31.8 Å². The van der Waals surface area contributed by atoms with Crippen LogP contribution in [0.25, 0.3) is 0 Å². The normalized spacial score (nSPS) is 19.4. The molecule has 0 radical (unpaired) electrons. The average molecular weight is 329 g/mol. The van der Waals surface area contributed by atoms with Crippen molar-refractivity contribution in [2.75, 3.05) is 5.33 Å². The Kier molecular flexibility index (Phi) is 3.00. The summed E-state index contributed by atoms with van der Waals surface area (Å²) in [5.74, 6) is -1.87. The third kappa shape index (κ3) is 1.94. The number of alkyl halides is 5. The van der Waals surface area contributed by atoms with Crippen LogP contribution in [0.3, 0.4) is 0 Å². The minimum absolute atomic E-state index is 0.158. The summed E-state index contributed by atoms with van der Waals surface area (Å²) >= 11 is 2.85. The van der Waals surface area contributed by atoms with Gasteiger partial charge in [-0.25, -0.2) is 0 Å². The maximum atomic E-state index is 13.0. The highest BCUT2D eigenvalue weighted by atomic mass is 79.9. The molecule has 0 saturated heterocycles. The number of para-hydroxylation sites is 1. The predicted octanol–water partition coefficient (Wildman–Crippen LogP) is 3.22. The highest BCUT2D eigenvalue weighted by Crippen LogP contribution is 2.48. The molecule has 0 fully saturated rings. The number of Topliss-reactive ketones (excluding diaryl/α,β-unsaturated/α-hetero) is 1. The average Bonchev–Trinajstić information content (AvgIpc) is 2.28. The van der Waals surface area contributed by atoms with Gasteiger partial charge in [0.15, 0.2) is 17.3 Å². The van der Waals surface area contributed by atoms with Gasteiger partial charge in [0.1, 0.15) is 0 Å². The molecule has 98 valence electrons. The number of carbonyl (C=O) groups is 1. The number of fused-ring (bicyclic) bond motifs is 1. The van der Waals surface area contributed by atoms with Gasteiger partial charge in [-0.05, 0) is 12.1 Å². The van der Waals surface area contributed by atoms with Crippen molar-refractivity contribution in [2.45, 2.75) is 12.2 Å². The fourth-order valence-corrected chi connectivity index (χ4v) is 1.68. The molecule has 0 bridgehead atoms. The number of ether oxygens (including phenoxy) is 2. The molecule has 2 rings (SSSR count). The summed E-state index contributed by atoms with van der Waals surface area (Å²) in [5.41, 5.74) is -0.250. The van der Waals surface area contributed by atoms with Gasteiger partial charge in [-0.1, -0.05) is 22.0 Å². The summed E-state index contributed by atoms with van der Waals surface area (Å²) in [5, 5.41) is -0.158. The molecule has 1 aliphatic heterocycles. The van der Waals surface area contributed by atoms with E-state index < -0.39 is 29.5 Å². The first-order valence-corrected chi connectivity index (χ1v) is 5.76. The molecule has 0 atom stereocenters. The molecule has 0 amide bonds. The Morgan fingerprint density at radius 3 is 2.39 bits per heavy atom. The summed E-state index contributed by atoms with van der Waals surface area (Å²) in [6, 6.07) is 3.44. The van der Waals surface area contributed by atoms with Crippen molar-refractivity contribution in [3.05, 3.63) is 23.8 Å². The molecule has 0 spiro atoms. The van der Waals surface area contributed by atoms with E-state index in [-0.39, 0.29) is 10.9 Å². The van der Waals surface area contributed by atoms with Crippen LogP contribution >= 0.6 is 15.9 Å². The van der Waals surface area contributed by atoms with E-state index in [0.717, 1.165) is 6.07 Å². The first-order valence-electron chi connectivity index (χ1n) is 4.64. The second-order valence-electron chi connectivity index (χ2n) is 3.43. The van der Waals surface area contributed by atoms with Crippen molar-refractivity contribution in [1.82, 2.24) is 0 Å². The third-order valence-electron chi connectivity index (χ3n) is 2.21. The van der Waals surface area contributed by atoms with Crippen LogP contribution in [0.5, 0.6) is 11.5 Å². The van der Waals surface area contributed by atoms with Crippen molar-refractivity contribution in [3.63, 3.8) is 0 Å². The van der Waals surface area contributed by atoms with Gasteiger partial charge in [0, 0.05) is 0 Å². The van der Waals surface area contributed by atoms with E-state index in [1.54, 1.807) is 0 Å². The molecule has 0 N–H and O–H groups in total. The number of halogens is 5. The number of rotatable bonds is 2. The molecule has 1 aliphatic rings. The van der Waals surface area contributed by atoms with E-state index in [2.05, 4.69) is 25.4 Å². The van der Waals surface area contributed by atoms with Crippen LogP contribution in [0, 0.1) is 0 Å². The Hall–Kier alpha value is -1.31. The summed E-state index contributed by atoms with van der Waals surface area (Å²) in [7, 11) is 0. The topological polar surface area (TPSA) is 35.5 Å². The fourth-order valence-electron chi connectivity index (χ4n) is 1.38. The van der Waals surface area contributed by atoms with E-state index in [1.807, 2.05) is 0 Å². The van der Waals surface area contributed by atoms with E-state index in [0.29, 0.717) is 0 Å². The van der Waals surface area contributed by atoms with Gasteiger partial charge in [0.25, 0.3) is 0 Å². The van der Waals surface area contributed by atoms with Crippen molar-refractivity contribution in [2.24, 2.45) is 0 Å². The SMILES string of the molecule is O=C(CBr)c1cccc2c1OC(F)(F)C(F)(F)O2. The van der Waals surface area contributed by atoms with Crippen molar-refractivity contribution in [1.29, 1.82) is 0 Å². The van der Waals surface area contributed by atoms with E-state index in [1.165, 1.54) is 12.1 Å². The molecule has 3 nitrogen and oxygen atoms in total. The highest BCUT2D eigenvalue weighted by molar-refractivity contribution is 9.09. The predicted molar refractivity (Wildman–Crippen MR) is 55.7 cm³/mol. The lowest BCUT2D eigenvalue weighted by Crippen LogP contribution is -2.52. The van der Waals surface area contributed by atoms with Gasteiger partial charge >= 0.3 is 12.2 Å². The molecular formula is C10H5BrF4O3. The maximum absolute atomic E-state index is 13.0. The van der Waals surface area contributed by atoms with Gasteiger partial charge in [-0.2, -0.15) is 17.6 Å². The Balaban J connectivity index is 2.54. The third-order valence-corrected chi connectivity index (χ3v) is 2.72. The van der Waals surface area contributed by atoms with Gasteiger partial charge in [-0.15, -0.1) is 0 Å². The summed E-state index contributed by atoms with van der Waals surface area (Å²) in [6.07, 6.45) is -9.61. The lowest BCUT2D eigenvalue weighted by molar-refractivity contribution is -0.391. The summed E-state index contributed by atoms with van der Waals surface area (Å²) in [6.45, 7) is 0. The molecule has 0 unspecified atom stereocenters. The molecule has 8 heteroatoms. The fraction of sp³-hybridized carbons (Fsp3) is 0.300. The van der Waals surface area contributed by atoms with Crippen molar-refractivity contribution in [3.8, 4) is 11.5 Å². The first kappa shape index (κ1) is 13.1. The minimum Gasteiger partial charge on any atom is -0.421 e. The quantitative estimate of drug-likeness (QED) is 0.475. The second-order valence-corrected chi connectivity index (χ2v) is 3.99. The van der Waals surface area contributed by atoms with Crippen molar-refractivity contribution >= 4 is 21.7 Å². The van der Waals surface area contributed by atoms with E-state index in [9.17, 15) is 22.4 Å². The maximum Gasteiger partial charge on any atom is 0.507 e. The van der Waals surface area contributed by atoms with E-state index in [4.69, 9.17) is 0 Å².